The van der Waals surface area contributed by atoms with Gasteiger partial charge in [-0.25, -0.2) is 0 Å². The van der Waals surface area contributed by atoms with Crippen molar-refractivity contribution in [3.63, 3.8) is 0 Å². The van der Waals surface area contributed by atoms with E-state index in [1.807, 2.05) is 6.92 Å². The first-order valence-corrected chi connectivity index (χ1v) is 10.3. The average molecular weight is 345 g/mol. The molecule has 3 unspecified atom stereocenters. The van der Waals surface area contributed by atoms with Gasteiger partial charge in [0.15, 0.2) is 0 Å². The predicted octanol–water partition coefficient (Wildman–Crippen LogP) is 5.49. The first-order valence-electron chi connectivity index (χ1n) is 9.94. The lowest BCUT2D eigenvalue weighted by atomic mass is 9.46. The summed E-state index contributed by atoms with van der Waals surface area (Å²) in [6, 6.07) is 0. The molecule has 24 heavy (non-hydrogen) atoms. The van der Waals surface area contributed by atoms with Gasteiger partial charge in [-0.15, -0.1) is 0 Å². The van der Waals surface area contributed by atoms with Gasteiger partial charge in [-0.05, 0) is 87.4 Å². The van der Waals surface area contributed by atoms with E-state index in [4.69, 9.17) is 17.3 Å². The predicted molar refractivity (Wildman–Crippen MR) is 105 cm³/mol. The Labute approximate surface area is 152 Å². The Balaban J connectivity index is 1.60. The number of hydrogen-bond acceptors (Lipinski definition) is 2. The quantitative estimate of drug-likeness (QED) is 0.386. The normalized spacial score (nSPS) is 48.5. The lowest BCUT2D eigenvalue weighted by Gasteiger charge is -2.59. The van der Waals surface area contributed by atoms with Gasteiger partial charge in [-0.3, -0.25) is 5.43 Å². The number of fused-ring (bicyclic) bond motifs is 5. The molecule has 3 heteroatoms. The molecule has 132 valence electrons. The summed E-state index contributed by atoms with van der Waals surface area (Å²) in [5.74, 6) is 3.62. The molecule has 6 atom stereocenters. The zero-order valence-electron chi connectivity index (χ0n) is 15.5. The van der Waals surface area contributed by atoms with Gasteiger partial charge < -0.3 is 0 Å². The molecule has 1 N–H and O–H groups in total. The second kappa shape index (κ2) is 5.93. The van der Waals surface area contributed by atoms with Crippen molar-refractivity contribution in [2.75, 3.05) is 0 Å². The van der Waals surface area contributed by atoms with E-state index in [9.17, 15) is 0 Å². The van der Waals surface area contributed by atoms with Crippen LogP contribution in [0.2, 0.25) is 0 Å². The van der Waals surface area contributed by atoms with Crippen molar-refractivity contribution >= 4 is 22.9 Å². The minimum absolute atomic E-state index is 0.312. The Morgan fingerprint density at radius 1 is 1.17 bits per heavy atom. The molecule has 0 aliphatic heterocycles. The summed E-state index contributed by atoms with van der Waals surface area (Å²) in [5.41, 5.74) is 5.34. The van der Waals surface area contributed by atoms with Crippen molar-refractivity contribution < 1.29 is 0 Å². The summed E-state index contributed by atoms with van der Waals surface area (Å²) >= 11 is 5.16. The highest BCUT2D eigenvalue weighted by atomic mass is 32.1. The fraction of sp³-hybridized carbons (Fsp3) is 0.810. The van der Waals surface area contributed by atoms with Crippen LogP contribution >= 0.6 is 12.2 Å². The molecule has 0 aromatic rings. The standard InChI is InChI=1S/C21H32N2S/c1-14(24)22-23-19-10-9-17-16-8-7-15-6-4-5-12-20(15,2)18(16)11-13-21(17,19)3/h4-5,15-18H,6-13H2,1-3H3,(H,22,24)/b23-19-/t15-,16?,17?,18?,20+,21+/m1/s1. The molecule has 4 aliphatic carbocycles. The van der Waals surface area contributed by atoms with Crippen molar-refractivity contribution in [3.8, 4) is 0 Å². The molecule has 0 amide bonds. The van der Waals surface area contributed by atoms with Gasteiger partial charge in [0, 0.05) is 11.1 Å². The lowest BCUT2D eigenvalue weighted by molar-refractivity contribution is -0.0761. The van der Waals surface area contributed by atoms with Crippen LogP contribution in [0.15, 0.2) is 17.3 Å². The fourth-order valence-corrected chi connectivity index (χ4v) is 7.00. The van der Waals surface area contributed by atoms with Gasteiger partial charge in [0.25, 0.3) is 0 Å². The van der Waals surface area contributed by atoms with Crippen LogP contribution < -0.4 is 5.43 Å². The van der Waals surface area contributed by atoms with Crippen molar-refractivity contribution in [3.05, 3.63) is 12.2 Å². The molecule has 0 bridgehead atoms. The summed E-state index contributed by atoms with van der Waals surface area (Å²) in [7, 11) is 0. The Hall–Kier alpha value is -0.700. The van der Waals surface area contributed by atoms with Crippen molar-refractivity contribution in [2.45, 2.75) is 72.1 Å². The Morgan fingerprint density at radius 3 is 2.79 bits per heavy atom. The molecular weight excluding hydrogens is 312 g/mol. The van der Waals surface area contributed by atoms with Gasteiger partial charge in [-0.1, -0.05) is 38.2 Å². The molecule has 3 fully saturated rings. The van der Waals surface area contributed by atoms with Crippen LogP contribution in [0.4, 0.5) is 0 Å². The van der Waals surface area contributed by atoms with Crippen molar-refractivity contribution in [1.82, 2.24) is 5.43 Å². The first kappa shape index (κ1) is 16.8. The maximum atomic E-state index is 5.16. The smallest absolute Gasteiger partial charge is 0.0930 e. The zero-order valence-corrected chi connectivity index (χ0v) is 16.3. The Kier molecular flexibility index (Phi) is 4.14. The van der Waals surface area contributed by atoms with Crippen LogP contribution in [-0.4, -0.2) is 10.7 Å². The molecule has 0 heterocycles. The molecular formula is C21H32N2S. The molecule has 0 aromatic heterocycles. The number of nitrogens with zero attached hydrogens (tertiary/aromatic N) is 1. The van der Waals surface area contributed by atoms with E-state index < -0.39 is 0 Å². The number of rotatable bonds is 1. The van der Waals surface area contributed by atoms with E-state index in [0.29, 0.717) is 10.8 Å². The first-order chi connectivity index (χ1) is 11.4. The third-order valence-electron chi connectivity index (χ3n) is 8.30. The molecule has 3 saturated carbocycles. The summed E-state index contributed by atoms with van der Waals surface area (Å²) in [6.07, 6.45) is 15.7. The lowest BCUT2D eigenvalue weighted by Crippen LogP contribution is -2.52. The van der Waals surface area contributed by atoms with Gasteiger partial charge in [0.1, 0.15) is 0 Å². The number of nitrogens with one attached hydrogen (secondary N) is 1. The number of thiocarbonyl (C=S) groups is 1. The maximum Gasteiger partial charge on any atom is 0.0930 e. The van der Waals surface area contributed by atoms with E-state index in [0.717, 1.165) is 28.7 Å². The molecule has 0 radical (unpaired) electrons. The van der Waals surface area contributed by atoms with Crippen molar-refractivity contribution in [1.29, 1.82) is 0 Å². The van der Waals surface area contributed by atoms with Gasteiger partial charge in [0.2, 0.25) is 0 Å². The minimum atomic E-state index is 0.312. The topological polar surface area (TPSA) is 24.4 Å². The van der Waals surface area contributed by atoms with E-state index >= 15 is 0 Å². The number of hydrazone groups is 1. The molecule has 4 rings (SSSR count). The maximum absolute atomic E-state index is 5.16. The second-order valence-electron chi connectivity index (χ2n) is 9.29. The highest BCUT2D eigenvalue weighted by molar-refractivity contribution is 7.80. The van der Waals surface area contributed by atoms with Gasteiger partial charge >= 0.3 is 0 Å². The minimum Gasteiger partial charge on any atom is -0.272 e. The second-order valence-corrected chi connectivity index (χ2v) is 9.90. The van der Waals surface area contributed by atoms with E-state index in [-0.39, 0.29) is 0 Å². The van der Waals surface area contributed by atoms with E-state index in [2.05, 4.69) is 31.4 Å². The van der Waals surface area contributed by atoms with Crippen molar-refractivity contribution in [2.24, 2.45) is 39.6 Å². The van der Waals surface area contributed by atoms with Gasteiger partial charge in [-0.2, -0.15) is 5.10 Å². The van der Waals surface area contributed by atoms with E-state index in [1.165, 1.54) is 57.1 Å². The molecule has 2 nitrogen and oxygen atoms in total. The summed E-state index contributed by atoms with van der Waals surface area (Å²) in [6.45, 7) is 7.03. The summed E-state index contributed by atoms with van der Waals surface area (Å²) in [5, 5.41) is 4.73. The molecule has 0 aromatic carbocycles. The molecule has 0 spiro atoms. The third-order valence-corrected chi connectivity index (χ3v) is 8.39. The SMILES string of the molecule is CC(=S)N/N=C1/CCC2C3CC[C@H]4CC=CC[C@]4(C)C3CC[C@]12C. The molecule has 0 saturated heterocycles. The zero-order chi connectivity index (χ0) is 16.9. The Bertz CT molecular complexity index is 595. The average Bonchev–Trinajstić information content (AvgIpc) is 2.89. The number of hydrogen-bond donors (Lipinski definition) is 1. The van der Waals surface area contributed by atoms with Crippen LogP contribution in [0.3, 0.4) is 0 Å². The fourth-order valence-electron chi connectivity index (χ4n) is 6.96. The van der Waals surface area contributed by atoms with Crippen LogP contribution in [0.25, 0.3) is 0 Å². The van der Waals surface area contributed by atoms with Crippen LogP contribution in [-0.2, 0) is 0 Å². The summed E-state index contributed by atoms with van der Waals surface area (Å²) < 4.78 is 0. The highest BCUT2D eigenvalue weighted by Crippen LogP contribution is 2.64. The van der Waals surface area contributed by atoms with Crippen LogP contribution in [0, 0.1) is 34.5 Å². The van der Waals surface area contributed by atoms with Gasteiger partial charge in [0.05, 0.1) is 4.99 Å². The monoisotopic (exact) mass is 344 g/mol. The summed E-state index contributed by atoms with van der Waals surface area (Å²) in [4.78, 5) is 0.783. The molecule has 4 aliphatic rings. The Morgan fingerprint density at radius 2 is 2.00 bits per heavy atom. The van der Waals surface area contributed by atoms with E-state index in [1.54, 1.807) is 0 Å². The largest absolute Gasteiger partial charge is 0.272 e. The third kappa shape index (κ3) is 2.41. The highest BCUT2D eigenvalue weighted by Gasteiger charge is 2.58. The van der Waals surface area contributed by atoms with Crippen LogP contribution in [0.5, 0.6) is 0 Å². The number of allylic oxidation sites excluding steroid dienone is 2. The van der Waals surface area contributed by atoms with Crippen LogP contribution in [0.1, 0.15) is 72.1 Å².